The molecule has 0 radical (unpaired) electrons. The van der Waals surface area contributed by atoms with Crippen molar-refractivity contribution in [3.63, 3.8) is 0 Å². The summed E-state index contributed by atoms with van der Waals surface area (Å²) in [6, 6.07) is 0. The van der Waals surface area contributed by atoms with Gasteiger partial charge in [0, 0.05) is 6.61 Å². The Kier molecular flexibility index (Phi) is 30.0. The molecule has 0 atom stereocenters. The number of aliphatic hydroxyl groups excluding tert-OH is 1. The van der Waals surface area contributed by atoms with Crippen LogP contribution in [0.25, 0.3) is 0 Å². The zero-order valence-electron chi connectivity index (χ0n) is 19.0. The number of hydrogen-bond acceptors (Lipinski definition) is 1. The molecule has 0 rings (SSSR count). The molecular formula is C23H52ClNO. The molecular weight excluding hydrogens is 342 g/mol. The van der Waals surface area contributed by atoms with Gasteiger partial charge in [0.05, 0.1) is 27.7 Å². The van der Waals surface area contributed by atoms with E-state index in [2.05, 4.69) is 28.1 Å². The molecule has 0 amide bonds. The van der Waals surface area contributed by atoms with Gasteiger partial charge in [-0.15, -0.1) is 0 Å². The largest absolute Gasteiger partial charge is 1.00 e. The second-order valence-corrected chi connectivity index (χ2v) is 8.63. The van der Waals surface area contributed by atoms with Crippen molar-refractivity contribution >= 4 is 0 Å². The van der Waals surface area contributed by atoms with Gasteiger partial charge < -0.3 is 22.0 Å². The summed E-state index contributed by atoms with van der Waals surface area (Å²) in [5.74, 6) is 0. The number of hydrogen-bond donors (Lipinski definition) is 1. The van der Waals surface area contributed by atoms with Gasteiger partial charge in [-0.3, -0.25) is 0 Å². The molecule has 162 valence electrons. The van der Waals surface area contributed by atoms with Crippen LogP contribution in [0, 0.1) is 0 Å². The van der Waals surface area contributed by atoms with Gasteiger partial charge >= 0.3 is 0 Å². The molecule has 0 aromatic carbocycles. The Morgan fingerprint density at radius 2 is 0.731 bits per heavy atom. The average Bonchev–Trinajstić information content (AvgIpc) is 2.54. The van der Waals surface area contributed by atoms with Crippen LogP contribution in [0.2, 0.25) is 0 Å². The second kappa shape index (κ2) is 25.2. The van der Waals surface area contributed by atoms with Crippen molar-refractivity contribution in [1.82, 2.24) is 0 Å². The third kappa shape index (κ3) is 35.3. The summed E-state index contributed by atoms with van der Waals surface area (Å²) in [5, 5.41) is 7.57. The highest BCUT2D eigenvalue weighted by molar-refractivity contribution is 4.49. The van der Waals surface area contributed by atoms with E-state index in [1.807, 2.05) is 0 Å². The number of unbranched alkanes of at least 4 members (excludes halogenated alkanes) is 15. The van der Waals surface area contributed by atoms with Crippen molar-refractivity contribution in [2.75, 3.05) is 34.3 Å². The lowest BCUT2D eigenvalue weighted by Gasteiger charge is -2.23. The van der Waals surface area contributed by atoms with Gasteiger partial charge in [0.25, 0.3) is 0 Å². The lowest BCUT2D eigenvalue weighted by atomic mass is 10.0. The van der Waals surface area contributed by atoms with Crippen molar-refractivity contribution < 1.29 is 22.0 Å². The first kappa shape index (κ1) is 30.9. The van der Waals surface area contributed by atoms with E-state index in [0.717, 1.165) is 4.48 Å². The van der Waals surface area contributed by atoms with Crippen LogP contribution < -0.4 is 12.4 Å². The molecule has 0 aliphatic carbocycles. The Bertz CT molecular complexity index is 229. The Labute approximate surface area is 173 Å². The highest BCUT2D eigenvalue weighted by Crippen LogP contribution is 2.13. The molecule has 26 heavy (non-hydrogen) atoms. The second-order valence-electron chi connectivity index (χ2n) is 8.63. The van der Waals surface area contributed by atoms with Crippen LogP contribution in [-0.2, 0) is 0 Å². The molecule has 0 spiro atoms. The first-order chi connectivity index (χ1) is 12.0. The Morgan fingerprint density at radius 3 is 0.962 bits per heavy atom. The summed E-state index contributed by atoms with van der Waals surface area (Å²) in [6.07, 6.45) is 23.4. The summed E-state index contributed by atoms with van der Waals surface area (Å²) in [4.78, 5) is 0. The molecule has 0 saturated heterocycles. The summed E-state index contributed by atoms with van der Waals surface area (Å²) < 4.78 is 1.12. The van der Waals surface area contributed by atoms with Crippen LogP contribution in [0.4, 0.5) is 0 Å². The van der Waals surface area contributed by atoms with E-state index >= 15 is 0 Å². The number of rotatable bonds is 17. The summed E-state index contributed by atoms with van der Waals surface area (Å²) in [6.45, 7) is 5.56. The molecule has 0 saturated carbocycles. The van der Waals surface area contributed by atoms with E-state index in [-0.39, 0.29) is 19.0 Å². The van der Waals surface area contributed by atoms with Gasteiger partial charge in [0.1, 0.15) is 0 Å². The third-order valence-electron chi connectivity index (χ3n) is 4.68. The van der Waals surface area contributed by atoms with E-state index in [1.54, 1.807) is 6.92 Å². The van der Waals surface area contributed by atoms with Crippen LogP contribution in [0.1, 0.15) is 117 Å². The molecule has 1 N–H and O–H groups in total. The average molecular weight is 394 g/mol. The smallest absolute Gasteiger partial charge is 0.0780 e. The minimum atomic E-state index is 0. The van der Waals surface area contributed by atoms with Crippen LogP contribution in [-0.4, -0.2) is 43.9 Å². The fourth-order valence-electron chi connectivity index (χ4n) is 3.13. The number of nitrogens with zero attached hydrogens (tertiary/aromatic N) is 1. The number of halogens is 1. The molecule has 0 fully saturated rings. The number of aliphatic hydroxyl groups is 1. The van der Waals surface area contributed by atoms with Crippen molar-refractivity contribution in [2.24, 2.45) is 0 Å². The normalized spacial score (nSPS) is 10.8. The molecule has 3 heteroatoms. The molecule has 0 bridgehead atoms. The summed E-state index contributed by atoms with van der Waals surface area (Å²) >= 11 is 0. The zero-order chi connectivity index (χ0) is 19.2. The molecule has 0 heterocycles. The molecule has 2 nitrogen and oxygen atoms in total. The Hall–Kier alpha value is 0.210. The van der Waals surface area contributed by atoms with E-state index in [4.69, 9.17) is 5.11 Å². The van der Waals surface area contributed by atoms with Crippen molar-refractivity contribution in [1.29, 1.82) is 0 Å². The number of quaternary nitrogens is 1. The SMILES string of the molecule is CCCCCCCCCCCCCCCCCC[N+](C)(C)C.CCO.[Cl-]. The standard InChI is InChI=1S/C21H46N.C2H6O.ClH/c1-5-6-7-8-9-10-11-12-13-14-15-16-17-18-19-20-21-22(2,3)4;1-2-3;/h5-21H2,1-4H3;3H,2H2,1H3;1H/q+1;;/p-1. The van der Waals surface area contributed by atoms with Gasteiger partial charge in [-0.25, -0.2) is 0 Å². The van der Waals surface area contributed by atoms with Crippen molar-refractivity contribution in [2.45, 2.75) is 117 Å². The molecule has 0 aliphatic rings. The third-order valence-corrected chi connectivity index (χ3v) is 4.68. The maximum Gasteiger partial charge on any atom is 0.0780 e. The highest BCUT2D eigenvalue weighted by Gasteiger charge is 2.04. The lowest BCUT2D eigenvalue weighted by molar-refractivity contribution is -0.870. The minimum absolute atomic E-state index is 0. The van der Waals surface area contributed by atoms with Crippen molar-refractivity contribution in [3.8, 4) is 0 Å². The molecule has 0 aliphatic heterocycles. The zero-order valence-corrected chi connectivity index (χ0v) is 19.8. The van der Waals surface area contributed by atoms with Gasteiger partial charge in [0.15, 0.2) is 0 Å². The predicted octanol–water partition coefficient (Wildman–Crippen LogP) is 3.96. The fraction of sp³-hybridized carbons (Fsp3) is 1.00. The monoisotopic (exact) mass is 393 g/mol. The van der Waals surface area contributed by atoms with Gasteiger partial charge in [-0.1, -0.05) is 96.8 Å². The van der Waals surface area contributed by atoms with Gasteiger partial charge in [0.2, 0.25) is 0 Å². The predicted molar refractivity (Wildman–Crippen MR) is 115 cm³/mol. The van der Waals surface area contributed by atoms with E-state index in [9.17, 15) is 0 Å². The fourth-order valence-corrected chi connectivity index (χ4v) is 3.13. The van der Waals surface area contributed by atoms with Crippen LogP contribution in [0.3, 0.4) is 0 Å². The van der Waals surface area contributed by atoms with E-state index in [1.165, 1.54) is 109 Å². The van der Waals surface area contributed by atoms with Crippen LogP contribution in [0.15, 0.2) is 0 Å². The summed E-state index contributed by atoms with van der Waals surface area (Å²) in [7, 11) is 6.89. The topological polar surface area (TPSA) is 20.2 Å². The summed E-state index contributed by atoms with van der Waals surface area (Å²) in [5.41, 5.74) is 0. The van der Waals surface area contributed by atoms with E-state index < -0.39 is 0 Å². The maximum absolute atomic E-state index is 7.57. The highest BCUT2D eigenvalue weighted by atomic mass is 35.5. The van der Waals surface area contributed by atoms with Gasteiger partial charge in [-0.2, -0.15) is 0 Å². The molecule has 0 unspecified atom stereocenters. The van der Waals surface area contributed by atoms with Crippen molar-refractivity contribution in [3.05, 3.63) is 0 Å². The Morgan fingerprint density at radius 1 is 0.500 bits per heavy atom. The van der Waals surface area contributed by atoms with Gasteiger partial charge in [-0.05, 0) is 19.8 Å². The molecule has 0 aromatic heterocycles. The quantitative estimate of drug-likeness (QED) is 0.293. The Balaban J connectivity index is -0.00000123. The first-order valence-electron chi connectivity index (χ1n) is 11.4. The lowest BCUT2D eigenvalue weighted by Crippen LogP contribution is -3.00. The molecule has 0 aromatic rings. The van der Waals surface area contributed by atoms with Crippen LogP contribution in [0.5, 0.6) is 0 Å². The maximum atomic E-state index is 7.57. The van der Waals surface area contributed by atoms with Crippen LogP contribution >= 0.6 is 0 Å². The van der Waals surface area contributed by atoms with E-state index in [0.29, 0.717) is 0 Å². The first-order valence-corrected chi connectivity index (χ1v) is 11.4. The minimum Gasteiger partial charge on any atom is -1.00 e.